The zero-order valence-corrected chi connectivity index (χ0v) is 39.7. The van der Waals surface area contributed by atoms with Gasteiger partial charge in [0.15, 0.2) is 0 Å². The number of hydrogen-bond donors (Lipinski definition) is 0. The average Bonchev–Trinajstić information content (AvgIpc) is 3.80. The SMILES string of the molecule is CCCCC1C=C(C(C)(C)C)C=[C]1[Zr+2](=[C](c1ccc(C)cc1)c1ccc(C)cc1)[CH]1c2cc3c(cc2-c2cc4c(cc21)C(C)(C)C=C4C)C(C)=CC3(C)C.[Cl-].[Cl-]. The number of fused-ring (bicyclic) bond motifs is 5. The average molecular weight is 859 g/mol. The summed E-state index contributed by atoms with van der Waals surface area (Å²) in [5.41, 5.74) is 22.0. The minimum absolute atomic E-state index is 0. The van der Waals surface area contributed by atoms with Gasteiger partial charge in [-0.1, -0.05) is 0 Å². The molecule has 0 saturated carbocycles. The summed E-state index contributed by atoms with van der Waals surface area (Å²) in [4.78, 5) is 0. The Balaban J connectivity index is 0.00000266. The molecule has 1 unspecified atom stereocenters. The van der Waals surface area contributed by atoms with Gasteiger partial charge in [0.2, 0.25) is 0 Å². The van der Waals surface area contributed by atoms with E-state index in [-0.39, 0.29) is 41.1 Å². The number of allylic oxidation sites excluding steroid dienone is 8. The van der Waals surface area contributed by atoms with E-state index in [2.05, 4.69) is 180 Å². The fraction of sp³-hybridized carbons (Fsp3) is 0.377. The number of aryl methyl sites for hydroxylation is 2. The molecule has 0 heterocycles. The Morgan fingerprint density at radius 3 is 1.50 bits per heavy atom. The van der Waals surface area contributed by atoms with E-state index in [0.29, 0.717) is 9.54 Å². The van der Waals surface area contributed by atoms with Crippen LogP contribution in [0.2, 0.25) is 0 Å². The molecule has 0 radical (unpaired) electrons. The van der Waals surface area contributed by atoms with Crippen LogP contribution < -0.4 is 24.8 Å². The number of unbranched alkanes of at least 4 members (excludes halogenated alkanes) is 1. The van der Waals surface area contributed by atoms with Crippen molar-refractivity contribution in [3.8, 4) is 11.1 Å². The molecule has 0 aliphatic heterocycles. The van der Waals surface area contributed by atoms with Gasteiger partial charge in [-0.2, -0.15) is 0 Å². The maximum absolute atomic E-state index is 3.04. The standard InChI is InChI=1S/C25H25.C15H14.C13H21.2ClH.Zr/c1-14-12-24(3,4)22-8-16-7-17-9-23-19(15(2)13-25(23,5)6)11-21(17)20(16)10-18(14)22;1-12-3-7-14(8-4-12)11-15-9-5-13(2)6-10-15;1-5-6-7-11-8-9-12(10-11)13(2,3)4;;;/h7-13H,1-6H3;3-10H,1-2H3;9-11H,5-7H2,1-4H3;2*1H;/q;;;;;+2/p-2. The smallest absolute Gasteiger partial charge is 1.00 e. The van der Waals surface area contributed by atoms with Crippen LogP contribution in [-0.4, -0.2) is 3.21 Å². The van der Waals surface area contributed by atoms with E-state index in [0.717, 1.165) is 0 Å². The Morgan fingerprint density at radius 2 is 1.09 bits per heavy atom. The van der Waals surface area contributed by atoms with Crippen LogP contribution in [0.5, 0.6) is 0 Å². The fourth-order valence-corrected chi connectivity index (χ4v) is 19.8. The van der Waals surface area contributed by atoms with Crippen LogP contribution in [0.1, 0.15) is 148 Å². The third-order valence-electron chi connectivity index (χ3n) is 13.1. The van der Waals surface area contributed by atoms with Crippen LogP contribution in [0.3, 0.4) is 0 Å². The predicted octanol–water partition coefficient (Wildman–Crippen LogP) is 8.33. The van der Waals surface area contributed by atoms with E-state index in [1.54, 1.807) is 17.6 Å². The van der Waals surface area contributed by atoms with Crippen molar-refractivity contribution in [2.24, 2.45) is 11.3 Å². The van der Waals surface area contributed by atoms with Crippen molar-refractivity contribution in [1.82, 2.24) is 0 Å². The summed E-state index contributed by atoms with van der Waals surface area (Å²) in [6.45, 7) is 28.4. The number of benzene rings is 4. The van der Waals surface area contributed by atoms with Gasteiger partial charge in [0.1, 0.15) is 0 Å². The summed E-state index contributed by atoms with van der Waals surface area (Å²) < 4.78 is 3.81. The van der Waals surface area contributed by atoms with Gasteiger partial charge < -0.3 is 24.8 Å². The molecule has 4 aromatic rings. The third-order valence-corrected chi connectivity index (χ3v) is 21.5. The maximum atomic E-state index is 2.75. The Bertz CT molecular complexity index is 2230. The maximum Gasteiger partial charge on any atom is -1.00 e. The summed E-state index contributed by atoms with van der Waals surface area (Å²) in [6, 6.07) is 29.9. The molecule has 0 nitrogen and oxygen atoms in total. The second-order valence-electron chi connectivity index (χ2n) is 19.2. The topological polar surface area (TPSA) is 0 Å². The molecule has 0 bridgehead atoms. The van der Waals surface area contributed by atoms with Crippen molar-refractivity contribution in [3.05, 3.63) is 162 Å². The van der Waals surface area contributed by atoms with Gasteiger partial charge in [-0.3, -0.25) is 0 Å². The Labute approximate surface area is 358 Å². The molecule has 0 fully saturated rings. The van der Waals surface area contributed by atoms with E-state index < -0.39 is 21.3 Å². The van der Waals surface area contributed by atoms with Crippen molar-refractivity contribution in [2.75, 3.05) is 0 Å². The molecule has 56 heavy (non-hydrogen) atoms. The van der Waals surface area contributed by atoms with Gasteiger partial charge in [0.25, 0.3) is 0 Å². The van der Waals surface area contributed by atoms with Gasteiger partial charge in [-0.15, -0.1) is 0 Å². The Morgan fingerprint density at radius 1 is 0.643 bits per heavy atom. The Kier molecular flexibility index (Phi) is 11.8. The molecule has 290 valence electrons. The van der Waals surface area contributed by atoms with Crippen LogP contribution in [0, 0.1) is 25.2 Å². The van der Waals surface area contributed by atoms with Gasteiger partial charge in [-0.25, -0.2) is 0 Å². The van der Waals surface area contributed by atoms with Crippen molar-refractivity contribution in [2.45, 2.75) is 117 Å². The van der Waals surface area contributed by atoms with E-state index in [1.165, 1.54) is 91.6 Å². The molecular formula is C53H60Cl2Zr. The van der Waals surface area contributed by atoms with Crippen molar-refractivity contribution in [3.63, 3.8) is 0 Å². The summed E-state index contributed by atoms with van der Waals surface area (Å²) in [5, 5.41) is 0. The first kappa shape index (κ1) is 42.8. The van der Waals surface area contributed by atoms with Crippen LogP contribution >= 0.6 is 0 Å². The minimum atomic E-state index is -3.04. The van der Waals surface area contributed by atoms with Crippen molar-refractivity contribution < 1.29 is 46.1 Å². The molecule has 0 spiro atoms. The van der Waals surface area contributed by atoms with Crippen LogP contribution in [0.25, 0.3) is 22.3 Å². The summed E-state index contributed by atoms with van der Waals surface area (Å²) in [6.07, 6.45) is 14.2. The first-order valence-corrected chi connectivity index (χ1v) is 24.5. The van der Waals surface area contributed by atoms with Gasteiger partial charge in [0.05, 0.1) is 0 Å². The van der Waals surface area contributed by atoms with Crippen molar-refractivity contribution in [1.29, 1.82) is 0 Å². The molecular weight excluding hydrogens is 799 g/mol. The monoisotopic (exact) mass is 856 g/mol. The molecule has 4 aliphatic rings. The predicted molar refractivity (Wildman–Crippen MR) is 231 cm³/mol. The summed E-state index contributed by atoms with van der Waals surface area (Å²) in [5.74, 6) is 0.483. The van der Waals surface area contributed by atoms with E-state index in [1.807, 2.05) is 0 Å². The van der Waals surface area contributed by atoms with Gasteiger partial charge in [-0.05, 0) is 0 Å². The largest absolute Gasteiger partial charge is 1.00 e. The van der Waals surface area contributed by atoms with E-state index >= 15 is 0 Å². The number of halogens is 2. The first-order chi connectivity index (χ1) is 25.5. The molecule has 0 aromatic heterocycles. The van der Waals surface area contributed by atoms with Gasteiger partial charge in [0, 0.05) is 0 Å². The second kappa shape index (κ2) is 15.4. The fourth-order valence-electron chi connectivity index (χ4n) is 10.2. The summed E-state index contributed by atoms with van der Waals surface area (Å²) in [7, 11) is 0. The van der Waals surface area contributed by atoms with Crippen LogP contribution in [0.4, 0.5) is 0 Å². The molecule has 3 heteroatoms. The molecule has 4 aromatic carbocycles. The normalized spacial score (nSPS) is 18.2. The van der Waals surface area contributed by atoms with E-state index in [4.69, 9.17) is 0 Å². The second-order valence-corrected chi connectivity index (χ2v) is 25.3. The quantitative estimate of drug-likeness (QED) is 0.176. The third kappa shape index (κ3) is 7.26. The Hall–Kier alpha value is -2.83. The number of rotatable bonds is 7. The number of hydrogen-bond acceptors (Lipinski definition) is 0. The first-order valence-electron chi connectivity index (χ1n) is 20.6. The zero-order chi connectivity index (χ0) is 38.5. The zero-order valence-electron chi connectivity index (χ0n) is 35.8. The van der Waals surface area contributed by atoms with E-state index in [9.17, 15) is 0 Å². The van der Waals surface area contributed by atoms with Crippen LogP contribution in [0.15, 0.2) is 106 Å². The molecule has 8 rings (SSSR count). The summed E-state index contributed by atoms with van der Waals surface area (Å²) >= 11 is -3.04. The van der Waals surface area contributed by atoms with Crippen LogP contribution in [-0.2, 0) is 32.1 Å². The molecule has 0 N–H and O–H groups in total. The van der Waals surface area contributed by atoms with Gasteiger partial charge >= 0.3 is 336 Å². The molecule has 0 saturated heterocycles. The molecule has 0 amide bonds. The molecule has 4 aliphatic carbocycles. The van der Waals surface area contributed by atoms with Crippen molar-refractivity contribution >= 4 is 14.4 Å². The molecule has 1 atom stereocenters. The minimum Gasteiger partial charge on any atom is -1.00 e.